The second-order valence-corrected chi connectivity index (χ2v) is 4.26. The molecule has 20 heavy (non-hydrogen) atoms. The predicted molar refractivity (Wildman–Crippen MR) is 74.1 cm³/mol. The molecule has 0 aliphatic rings. The average molecular weight is 280 g/mol. The second kappa shape index (κ2) is 8.16. The van der Waals surface area contributed by atoms with Crippen molar-refractivity contribution in [3.63, 3.8) is 0 Å². The normalized spacial score (nSPS) is 11.7. The van der Waals surface area contributed by atoms with Gasteiger partial charge in [-0.1, -0.05) is 18.2 Å². The highest BCUT2D eigenvalue weighted by Gasteiger charge is 2.12. The molecular formula is C14H20N2O4. The summed E-state index contributed by atoms with van der Waals surface area (Å²) in [5, 5.41) is 11.6. The van der Waals surface area contributed by atoms with Crippen molar-refractivity contribution >= 4 is 11.8 Å². The number of ether oxygens (including phenoxy) is 1. The van der Waals surface area contributed by atoms with E-state index in [0.717, 1.165) is 11.3 Å². The minimum atomic E-state index is -1.35. The van der Waals surface area contributed by atoms with E-state index in [0.29, 0.717) is 13.0 Å². The van der Waals surface area contributed by atoms with Crippen molar-refractivity contribution in [2.24, 2.45) is 5.73 Å². The lowest BCUT2D eigenvalue weighted by Crippen LogP contribution is -2.40. The SMILES string of the molecule is CCOc1ccccc1CCC(=O)NCC(O)C(N)=O. The smallest absolute Gasteiger partial charge is 0.248 e. The van der Waals surface area contributed by atoms with Crippen LogP contribution in [0.5, 0.6) is 5.75 Å². The lowest BCUT2D eigenvalue weighted by molar-refractivity contribution is -0.127. The van der Waals surface area contributed by atoms with Gasteiger partial charge in [0.15, 0.2) is 0 Å². The van der Waals surface area contributed by atoms with E-state index >= 15 is 0 Å². The van der Waals surface area contributed by atoms with Gasteiger partial charge in [-0.2, -0.15) is 0 Å². The maximum atomic E-state index is 11.6. The fraction of sp³-hybridized carbons (Fsp3) is 0.429. The molecule has 1 atom stereocenters. The Kier molecular flexibility index (Phi) is 6.52. The van der Waals surface area contributed by atoms with Crippen molar-refractivity contribution in [2.45, 2.75) is 25.9 Å². The number of benzene rings is 1. The van der Waals surface area contributed by atoms with Gasteiger partial charge < -0.3 is 20.9 Å². The first-order valence-electron chi connectivity index (χ1n) is 6.49. The average Bonchev–Trinajstić information content (AvgIpc) is 2.44. The quantitative estimate of drug-likeness (QED) is 0.623. The Morgan fingerprint density at radius 3 is 2.75 bits per heavy atom. The van der Waals surface area contributed by atoms with E-state index in [4.69, 9.17) is 15.6 Å². The summed E-state index contributed by atoms with van der Waals surface area (Å²) in [4.78, 5) is 22.2. The van der Waals surface area contributed by atoms with E-state index in [2.05, 4.69) is 5.32 Å². The standard InChI is InChI=1S/C14H20N2O4/c1-2-20-12-6-4-3-5-10(12)7-8-13(18)16-9-11(17)14(15)19/h3-6,11,17H,2,7-9H2,1H3,(H2,15,19)(H,16,18). The minimum absolute atomic E-state index is 0.165. The van der Waals surface area contributed by atoms with Crippen LogP contribution in [0.2, 0.25) is 0 Å². The fourth-order valence-corrected chi connectivity index (χ4v) is 1.65. The molecule has 6 heteroatoms. The van der Waals surface area contributed by atoms with E-state index in [1.165, 1.54) is 0 Å². The van der Waals surface area contributed by atoms with Crippen molar-refractivity contribution in [1.29, 1.82) is 0 Å². The second-order valence-electron chi connectivity index (χ2n) is 4.26. The molecule has 0 aliphatic carbocycles. The molecule has 1 unspecified atom stereocenters. The van der Waals surface area contributed by atoms with Crippen LogP contribution >= 0.6 is 0 Å². The highest BCUT2D eigenvalue weighted by Crippen LogP contribution is 2.19. The molecule has 0 saturated heterocycles. The first-order chi connectivity index (χ1) is 9.54. The lowest BCUT2D eigenvalue weighted by atomic mass is 10.1. The van der Waals surface area contributed by atoms with Gasteiger partial charge >= 0.3 is 0 Å². The molecule has 0 saturated carbocycles. The van der Waals surface area contributed by atoms with Crippen molar-refractivity contribution in [2.75, 3.05) is 13.2 Å². The zero-order chi connectivity index (χ0) is 15.0. The molecule has 1 rings (SSSR count). The molecule has 6 nitrogen and oxygen atoms in total. The number of rotatable bonds is 8. The van der Waals surface area contributed by atoms with E-state index in [1.54, 1.807) is 0 Å². The molecule has 1 aromatic rings. The monoisotopic (exact) mass is 280 g/mol. The molecule has 0 fully saturated rings. The molecule has 0 aliphatic heterocycles. The number of carbonyl (C=O) groups excluding carboxylic acids is 2. The third kappa shape index (κ3) is 5.27. The van der Waals surface area contributed by atoms with E-state index in [1.807, 2.05) is 31.2 Å². The van der Waals surface area contributed by atoms with Gasteiger partial charge in [-0.15, -0.1) is 0 Å². The number of para-hydroxylation sites is 1. The Balaban J connectivity index is 2.43. The molecule has 0 spiro atoms. The Labute approximate surface area is 117 Å². The molecule has 0 aromatic heterocycles. The number of amides is 2. The maximum absolute atomic E-state index is 11.6. The van der Waals surface area contributed by atoms with Gasteiger partial charge in [-0.25, -0.2) is 0 Å². The highest BCUT2D eigenvalue weighted by atomic mass is 16.5. The summed E-state index contributed by atoms with van der Waals surface area (Å²) in [5.41, 5.74) is 5.83. The summed E-state index contributed by atoms with van der Waals surface area (Å²) in [6, 6.07) is 7.51. The molecule has 0 bridgehead atoms. The van der Waals surface area contributed by atoms with Crippen molar-refractivity contribution in [3.05, 3.63) is 29.8 Å². The van der Waals surface area contributed by atoms with Crippen molar-refractivity contribution in [3.8, 4) is 5.75 Å². The summed E-state index contributed by atoms with van der Waals surface area (Å²) in [7, 11) is 0. The van der Waals surface area contributed by atoms with Crippen LogP contribution in [0.1, 0.15) is 18.9 Å². The van der Waals surface area contributed by atoms with Gasteiger partial charge in [0.25, 0.3) is 0 Å². The van der Waals surface area contributed by atoms with Gasteiger partial charge in [-0.3, -0.25) is 9.59 Å². The number of aliphatic hydroxyl groups excluding tert-OH is 1. The lowest BCUT2D eigenvalue weighted by Gasteiger charge is -2.11. The highest BCUT2D eigenvalue weighted by molar-refractivity contribution is 5.81. The largest absolute Gasteiger partial charge is 0.494 e. The summed E-state index contributed by atoms with van der Waals surface area (Å²) < 4.78 is 5.47. The third-order valence-electron chi connectivity index (χ3n) is 2.71. The van der Waals surface area contributed by atoms with Crippen LogP contribution in [0.4, 0.5) is 0 Å². The fourth-order valence-electron chi connectivity index (χ4n) is 1.65. The topological polar surface area (TPSA) is 102 Å². The first kappa shape index (κ1) is 16.0. The summed E-state index contributed by atoms with van der Waals surface area (Å²) in [6.45, 7) is 2.30. The Hall–Kier alpha value is -2.08. The minimum Gasteiger partial charge on any atom is -0.494 e. The van der Waals surface area contributed by atoms with Crippen molar-refractivity contribution in [1.82, 2.24) is 5.32 Å². The van der Waals surface area contributed by atoms with Gasteiger partial charge in [-0.05, 0) is 25.0 Å². The number of primary amides is 1. The molecular weight excluding hydrogens is 260 g/mol. The predicted octanol–water partition coefficient (Wildman–Crippen LogP) is -0.0197. The van der Waals surface area contributed by atoms with Crippen LogP contribution in [-0.2, 0) is 16.0 Å². The number of hydrogen-bond acceptors (Lipinski definition) is 4. The van der Waals surface area contributed by atoms with Gasteiger partial charge in [0, 0.05) is 6.42 Å². The molecule has 1 aromatic carbocycles. The molecule has 0 heterocycles. The summed E-state index contributed by atoms with van der Waals surface area (Å²) >= 11 is 0. The van der Waals surface area contributed by atoms with Crippen LogP contribution in [0, 0.1) is 0 Å². The zero-order valence-electron chi connectivity index (χ0n) is 11.5. The Bertz CT molecular complexity index is 462. The Morgan fingerprint density at radius 1 is 1.40 bits per heavy atom. The van der Waals surface area contributed by atoms with Crippen LogP contribution < -0.4 is 15.8 Å². The number of hydrogen-bond donors (Lipinski definition) is 3. The molecule has 2 amide bonds. The number of nitrogens with two attached hydrogens (primary N) is 1. The van der Waals surface area contributed by atoms with Gasteiger partial charge in [0.2, 0.25) is 11.8 Å². The molecule has 4 N–H and O–H groups in total. The Morgan fingerprint density at radius 2 is 2.10 bits per heavy atom. The van der Waals surface area contributed by atoms with E-state index < -0.39 is 12.0 Å². The van der Waals surface area contributed by atoms with Crippen LogP contribution in [-0.4, -0.2) is 36.2 Å². The van der Waals surface area contributed by atoms with E-state index in [9.17, 15) is 9.59 Å². The summed E-state index contributed by atoms with van der Waals surface area (Å²) in [5.74, 6) is -0.344. The third-order valence-corrected chi connectivity index (χ3v) is 2.71. The summed E-state index contributed by atoms with van der Waals surface area (Å²) in [6.07, 6.45) is -0.584. The van der Waals surface area contributed by atoms with Crippen LogP contribution in [0.25, 0.3) is 0 Å². The number of aliphatic hydroxyl groups is 1. The zero-order valence-corrected chi connectivity index (χ0v) is 11.5. The molecule has 110 valence electrons. The number of nitrogens with one attached hydrogen (secondary N) is 1. The van der Waals surface area contributed by atoms with E-state index in [-0.39, 0.29) is 18.9 Å². The van der Waals surface area contributed by atoms with Crippen LogP contribution in [0.3, 0.4) is 0 Å². The number of aryl methyl sites for hydroxylation is 1. The van der Waals surface area contributed by atoms with Crippen LogP contribution in [0.15, 0.2) is 24.3 Å². The first-order valence-corrected chi connectivity index (χ1v) is 6.49. The maximum Gasteiger partial charge on any atom is 0.248 e. The van der Waals surface area contributed by atoms with Gasteiger partial charge in [0.05, 0.1) is 13.2 Å². The number of carbonyl (C=O) groups is 2. The van der Waals surface area contributed by atoms with Crippen molar-refractivity contribution < 1.29 is 19.4 Å². The molecule has 0 radical (unpaired) electrons. The van der Waals surface area contributed by atoms with Gasteiger partial charge in [0.1, 0.15) is 11.9 Å².